The van der Waals surface area contributed by atoms with Crippen molar-refractivity contribution in [2.45, 2.75) is 37.8 Å². The summed E-state index contributed by atoms with van der Waals surface area (Å²) in [5, 5.41) is 19.9. The molecule has 0 bridgehead atoms. The third-order valence-corrected chi connectivity index (χ3v) is 4.10. The molecular weight excluding hydrogens is 362 g/mol. The second-order valence-corrected chi connectivity index (χ2v) is 5.99. The quantitative estimate of drug-likeness (QED) is 0.0843. The monoisotopic (exact) mass is 387 g/mol. The number of likely N-dealkylation sites (tertiary alicyclic amines) is 1. The van der Waals surface area contributed by atoms with Gasteiger partial charge in [0.2, 0.25) is 5.91 Å². The number of carbonyl (C=O) groups excluding carboxylic acids is 3. The van der Waals surface area contributed by atoms with Crippen LogP contribution in [0.25, 0.3) is 0 Å². The zero-order valence-corrected chi connectivity index (χ0v) is 15.1. The first-order chi connectivity index (χ1) is 12.7. The summed E-state index contributed by atoms with van der Waals surface area (Å²) in [6.45, 7) is -0.227. The number of carbonyl (C=O) groups is 3. The molecule has 0 aromatic heterocycles. The first-order valence-corrected chi connectivity index (χ1v) is 8.35. The first kappa shape index (κ1) is 22.1. The topological polar surface area (TPSA) is 198 Å². The average Bonchev–Trinajstić information content (AvgIpc) is 3.10. The number of nitrogens with one attached hydrogen (secondary N) is 2. The molecule has 0 aromatic carbocycles. The minimum Gasteiger partial charge on any atom is -0.468 e. The number of nitrogens with zero attached hydrogens (tertiary/aromatic N) is 3. The number of nitro groups is 1. The van der Waals surface area contributed by atoms with E-state index in [0.717, 1.165) is 7.11 Å². The molecule has 1 fully saturated rings. The van der Waals surface area contributed by atoms with Crippen molar-refractivity contribution < 1.29 is 24.2 Å². The molecule has 1 heterocycles. The molecule has 1 saturated heterocycles. The van der Waals surface area contributed by atoms with Gasteiger partial charge in [-0.3, -0.25) is 15.0 Å². The lowest BCUT2D eigenvalue weighted by Gasteiger charge is -2.27. The highest BCUT2D eigenvalue weighted by atomic mass is 16.7. The molecule has 1 aliphatic rings. The van der Waals surface area contributed by atoms with Gasteiger partial charge in [0, 0.05) is 13.1 Å². The summed E-state index contributed by atoms with van der Waals surface area (Å²) in [5.74, 6) is -2.58. The van der Waals surface area contributed by atoms with Gasteiger partial charge in [0.05, 0.1) is 13.2 Å². The number of esters is 1. The lowest BCUT2D eigenvalue weighted by atomic mass is 10.1. The normalized spacial score (nSPS) is 17.1. The van der Waals surface area contributed by atoms with Crippen molar-refractivity contribution in [3.8, 4) is 0 Å². The van der Waals surface area contributed by atoms with Gasteiger partial charge in [0.1, 0.15) is 6.04 Å². The van der Waals surface area contributed by atoms with E-state index in [2.05, 4.69) is 10.1 Å². The van der Waals surface area contributed by atoms with Crippen LogP contribution in [0.3, 0.4) is 0 Å². The molecule has 13 nitrogen and oxygen atoms in total. The van der Waals surface area contributed by atoms with E-state index in [0.29, 0.717) is 19.4 Å². The third-order valence-electron chi connectivity index (χ3n) is 4.10. The number of rotatable bonds is 9. The van der Waals surface area contributed by atoms with Gasteiger partial charge >= 0.3 is 11.9 Å². The van der Waals surface area contributed by atoms with Crippen LogP contribution in [0.2, 0.25) is 0 Å². The van der Waals surface area contributed by atoms with Gasteiger partial charge in [0.15, 0.2) is 17.5 Å². The summed E-state index contributed by atoms with van der Waals surface area (Å²) in [7, 11) is 1.05. The highest BCUT2D eigenvalue weighted by Gasteiger charge is 2.42. The van der Waals surface area contributed by atoms with Crippen LogP contribution in [0, 0.1) is 15.5 Å². The molecule has 0 saturated carbocycles. The SMILES string of the molecule is COC(=O)CN(C(=O)[C@@H]1CCCN1C(=O)[C@@H](N)CCCNC(=N)N)[N+](=O)[O-]. The Morgan fingerprint density at radius 2 is 2.15 bits per heavy atom. The third kappa shape index (κ3) is 6.36. The van der Waals surface area contributed by atoms with E-state index in [1.807, 2.05) is 0 Å². The van der Waals surface area contributed by atoms with Crippen molar-refractivity contribution in [3.05, 3.63) is 10.1 Å². The van der Waals surface area contributed by atoms with Crippen molar-refractivity contribution >= 4 is 23.7 Å². The molecule has 152 valence electrons. The van der Waals surface area contributed by atoms with E-state index in [1.54, 1.807) is 0 Å². The van der Waals surface area contributed by atoms with Gasteiger partial charge in [0.25, 0.3) is 0 Å². The largest absolute Gasteiger partial charge is 0.468 e. The number of hydrogen-bond acceptors (Lipinski definition) is 8. The predicted octanol–water partition coefficient (Wildman–Crippen LogP) is -2.24. The van der Waals surface area contributed by atoms with Crippen LogP contribution in [0.5, 0.6) is 0 Å². The van der Waals surface area contributed by atoms with Gasteiger partial charge in [-0.1, -0.05) is 0 Å². The molecule has 2 amide bonds. The Morgan fingerprint density at radius 3 is 2.70 bits per heavy atom. The lowest BCUT2D eigenvalue weighted by molar-refractivity contribution is -0.632. The molecule has 2 atom stereocenters. The van der Waals surface area contributed by atoms with E-state index >= 15 is 0 Å². The Hall–Kier alpha value is -2.96. The molecular formula is C14H25N7O6. The highest BCUT2D eigenvalue weighted by Crippen LogP contribution is 2.21. The van der Waals surface area contributed by atoms with Gasteiger partial charge < -0.3 is 26.4 Å². The standard InChI is InChI=1S/C14H25N7O6/c1-27-11(22)8-20(21(25)26)13(24)10-5-3-7-19(10)12(23)9(15)4-2-6-18-14(16)17/h9-10H,2-8,15H2,1H3,(H4,16,17,18)/t9-,10-/m0/s1. The molecule has 6 N–H and O–H groups in total. The van der Waals surface area contributed by atoms with Crippen LogP contribution in [0.15, 0.2) is 0 Å². The number of guanidine groups is 1. The molecule has 0 unspecified atom stereocenters. The lowest BCUT2D eigenvalue weighted by Crippen LogP contribution is -2.54. The minimum absolute atomic E-state index is 0.157. The van der Waals surface area contributed by atoms with E-state index in [-0.39, 0.29) is 30.4 Å². The molecule has 13 heteroatoms. The molecule has 1 rings (SSSR count). The molecule has 0 aliphatic carbocycles. The van der Waals surface area contributed by atoms with Crippen LogP contribution in [-0.2, 0) is 19.1 Å². The van der Waals surface area contributed by atoms with E-state index in [1.165, 1.54) is 4.90 Å². The molecule has 27 heavy (non-hydrogen) atoms. The summed E-state index contributed by atoms with van der Waals surface area (Å²) in [5.41, 5.74) is 11.0. The first-order valence-electron chi connectivity index (χ1n) is 8.35. The van der Waals surface area contributed by atoms with E-state index in [4.69, 9.17) is 16.9 Å². The molecule has 0 aromatic rings. The second kappa shape index (κ2) is 10.3. The smallest absolute Gasteiger partial charge is 0.331 e. The van der Waals surface area contributed by atoms with E-state index in [9.17, 15) is 24.5 Å². The maximum Gasteiger partial charge on any atom is 0.331 e. The van der Waals surface area contributed by atoms with Crippen LogP contribution in [0.4, 0.5) is 0 Å². The van der Waals surface area contributed by atoms with E-state index < -0.39 is 41.4 Å². The number of nitrogens with two attached hydrogens (primary N) is 2. The van der Waals surface area contributed by atoms with Crippen LogP contribution >= 0.6 is 0 Å². The minimum atomic E-state index is -1.05. The number of ether oxygens (including phenoxy) is 1. The highest BCUT2D eigenvalue weighted by molar-refractivity contribution is 5.91. The zero-order chi connectivity index (χ0) is 20.6. The van der Waals surface area contributed by atoms with Gasteiger partial charge in [-0.05, 0) is 30.7 Å². The van der Waals surface area contributed by atoms with Crippen LogP contribution in [-0.4, -0.2) is 77.5 Å². The van der Waals surface area contributed by atoms with Crippen molar-refractivity contribution in [1.29, 1.82) is 5.41 Å². The second-order valence-electron chi connectivity index (χ2n) is 5.99. The Morgan fingerprint density at radius 1 is 1.48 bits per heavy atom. The van der Waals surface area contributed by atoms with Crippen molar-refractivity contribution in [2.75, 3.05) is 26.7 Å². The van der Waals surface area contributed by atoms with Gasteiger partial charge in [-0.2, -0.15) is 0 Å². The molecule has 0 spiro atoms. The summed E-state index contributed by atoms with van der Waals surface area (Å²) < 4.78 is 4.36. The fraction of sp³-hybridized carbons (Fsp3) is 0.714. The summed E-state index contributed by atoms with van der Waals surface area (Å²) in [6, 6.07) is -1.94. The van der Waals surface area contributed by atoms with Crippen molar-refractivity contribution in [2.24, 2.45) is 11.5 Å². The Labute approximate surface area is 155 Å². The molecule has 1 aliphatic heterocycles. The Balaban J connectivity index is 2.73. The van der Waals surface area contributed by atoms with Crippen LogP contribution < -0.4 is 16.8 Å². The fourth-order valence-electron chi connectivity index (χ4n) is 2.74. The summed E-state index contributed by atoms with van der Waals surface area (Å²) in [6.07, 6.45) is 1.50. The predicted molar refractivity (Wildman–Crippen MR) is 92.6 cm³/mol. The Bertz CT molecular complexity index is 599. The van der Waals surface area contributed by atoms with Crippen LogP contribution in [0.1, 0.15) is 25.7 Å². The fourth-order valence-corrected chi connectivity index (χ4v) is 2.74. The number of hydrazine groups is 1. The van der Waals surface area contributed by atoms with Gasteiger partial charge in [-0.25, -0.2) is 14.9 Å². The maximum atomic E-state index is 12.5. The number of methoxy groups -OCH3 is 1. The number of hydrogen-bond donors (Lipinski definition) is 4. The van der Waals surface area contributed by atoms with Gasteiger partial charge in [-0.15, -0.1) is 0 Å². The summed E-state index contributed by atoms with van der Waals surface area (Å²) in [4.78, 5) is 48.7. The Kier molecular flexibility index (Phi) is 8.38. The number of amides is 2. The van der Waals surface area contributed by atoms with Crippen molar-refractivity contribution in [3.63, 3.8) is 0 Å². The molecule has 0 radical (unpaired) electrons. The average molecular weight is 387 g/mol. The zero-order valence-electron chi connectivity index (χ0n) is 15.1. The van der Waals surface area contributed by atoms with Crippen molar-refractivity contribution in [1.82, 2.24) is 15.2 Å². The maximum absolute atomic E-state index is 12.5. The summed E-state index contributed by atoms with van der Waals surface area (Å²) >= 11 is 0.